The summed E-state index contributed by atoms with van der Waals surface area (Å²) >= 11 is 0. The first kappa shape index (κ1) is 10.5. The van der Waals surface area contributed by atoms with Gasteiger partial charge in [-0.2, -0.15) is 0 Å². The number of rotatable bonds is 1. The van der Waals surface area contributed by atoms with Gasteiger partial charge in [0.25, 0.3) is 0 Å². The van der Waals surface area contributed by atoms with Crippen LogP contribution in [0.2, 0.25) is 0 Å². The predicted octanol–water partition coefficient (Wildman–Crippen LogP) is 2.92. The third-order valence-corrected chi connectivity index (χ3v) is 2.42. The molecule has 82 valence electrons. The van der Waals surface area contributed by atoms with Crippen LogP contribution in [-0.2, 0) is 0 Å². The Balaban J connectivity index is 2.66. The van der Waals surface area contributed by atoms with Crippen molar-refractivity contribution in [2.45, 2.75) is 6.92 Å². The average Bonchev–Trinajstić information content (AvgIpc) is 2.28. The van der Waals surface area contributed by atoms with Crippen LogP contribution in [0.15, 0.2) is 30.6 Å². The van der Waals surface area contributed by atoms with E-state index in [2.05, 4.69) is 4.98 Å². The highest BCUT2D eigenvalue weighted by Crippen LogP contribution is 2.29. The van der Waals surface area contributed by atoms with Crippen LogP contribution < -0.4 is 5.73 Å². The van der Waals surface area contributed by atoms with Crippen LogP contribution in [0.5, 0.6) is 0 Å². The topological polar surface area (TPSA) is 38.9 Å². The van der Waals surface area contributed by atoms with Crippen LogP contribution in [0.1, 0.15) is 5.56 Å². The first-order valence-corrected chi connectivity index (χ1v) is 4.75. The van der Waals surface area contributed by atoms with Crippen molar-refractivity contribution in [3.63, 3.8) is 0 Å². The zero-order valence-electron chi connectivity index (χ0n) is 8.67. The highest BCUT2D eigenvalue weighted by Gasteiger charge is 2.14. The molecule has 1 aromatic heterocycles. The molecule has 0 aliphatic rings. The minimum Gasteiger partial charge on any atom is -0.398 e. The number of hydrogen-bond acceptors (Lipinski definition) is 2. The van der Waals surface area contributed by atoms with Gasteiger partial charge in [-0.3, -0.25) is 4.98 Å². The lowest BCUT2D eigenvalue weighted by molar-refractivity contribution is 0.505. The van der Waals surface area contributed by atoms with Crippen LogP contribution in [0.3, 0.4) is 0 Å². The van der Waals surface area contributed by atoms with Gasteiger partial charge in [-0.15, -0.1) is 0 Å². The van der Waals surface area contributed by atoms with Gasteiger partial charge in [0, 0.05) is 29.2 Å². The molecule has 0 aliphatic heterocycles. The molecule has 0 saturated heterocycles. The maximum absolute atomic E-state index is 13.7. The van der Waals surface area contributed by atoms with Crippen molar-refractivity contribution in [3.8, 4) is 11.1 Å². The number of aromatic nitrogens is 1. The molecule has 1 heterocycles. The summed E-state index contributed by atoms with van der Waals surface area (Å²) < 4.78 is 27.0. The third-order valence-electron chi connectivity index (χ3n) is 2.42. The molecule has 0 saturated carbocycles. The Morgan fingerprint density at radius 3 is 2.50 bits per heavy atom. The fourth-order valence-electron chi connectivity index (χ4n) is 1.48. The lowest BCUT2D eigenvalue weighted by Gasteiger charge is -2.07. The minimum absolute atomic E-state index is 0.133. The number of benzene rings is 1. The van der Waals surface area contributed by atoms with Crippen molar-refractivity contribution in [3.05, 3.63) is 47.8 Å². The van der Waals surface area contributed by atoms with Crippen LogP contribution in [-0.4, -0.2) is 4.98 Å². The van der Waals surface area contributed by atoms with Crippen LogP contribution >= 0.6 is 0 Å². The zero-order chi connectivity index (χ0) is 11.7. The Kier molecular flexibility index (Phi) is 2.56. The summed E-state index contributed by atoms with van der Waals surface area (Å²) in [6.07, 6.45) is 2.92. The lowest BCUT2D eigenvalue weighted by Crippen LogP contribution is -1.96. The first-order valence-electron chi connectivity index (χ1n) is 4.75. The summed E-state index contributed by atoms with van der Waals surface area (Å²) in [6.45, 7) is 1.51. The van der Waals surface area contributed by atoms with E-state index in [4.69, 9.17) is 5.73 Å². The highest BCUT2D eigenvalue weighted by atomic mass is 19.2. The molecule has 1 aromatic carbocycles. The standard InChI is InChI=1S/C12H10F2N2/c1-7-2-3-8(12(14)11(7)13)9-6-16-5-4-10(9)15/h2-6H,1H3,(H2,15,16). The van der Waals surface area contributed by atoms with Gasteiger partial charge in [0.05, 0.1) is 0 Å². The average molecular weight is 220 g/mol. The molecule has 0 spiro atoms. The predicted molar refractivity (Wildman–Crippen MR) is 58.7 cm³/mol. The van der Waals surface area contributed by atoms with Crippen molar-refractivity contribution in [2.75, 3.05) is 5.73 Å². The number of nitrogens with two attached hydrogens (primary N) is 1. The number of aryl methyl sites for hydroxylation is 1. The summed E-state index contributed by atoms with van der Waals surface area (Å²) in [5.74, 6) is -1.74. The van der Waals surface area contributed by atoms with E-state index in [1.807, 2.05) is 0 Å². The maximum atomic E-state index is 13.7. The van der Waals surface area contributed by atoms with E-state index < -0.39 is 11.6 Å². The summed E-state index contributed by atoms with van der Waals surface area (Å²) in [6, 6.07) is 4.56. The lowest BCUT2D eigenvalue weighted by atomic mass is 10.0. The first-order chi connectivity index (χ1) is 7.61. The van der Waals surface area contributed by atoms with Gasteiger partial charge in [0.1, 0.15) is 0 Å². The Labute approximate surface area is 91.7 Å². The van der Waals surface area contributed by atoms with E-state index in [9.17, 15) is 8.78 Å². The largest absolute Gasteiger partial charge is 0.398 e. The fraction of sp³-hybridized carbons (Fsp3) is 0.0833. The van der Waals surface area contributed by atoms with Crippen molar-refractivity contribution in [2.24, 2.45) is 0 Å². The van der Waals surface area contributed by atoms with Crippen LogP contribution in [0.4, 0.5) is 14.5 Å². The normalized spacial score (nSPS) is 10.4. The quantitative estimate of drug-likeness (QED) is 0.802. The SMILES string of the molecule is Cc1ccc(-c2cnccc2N)c(F)c1F. The number of hydrogen-bond donors (Lipinski definition) is 1. The Hall–Kier alpha value is -1.97. The van der Waals surface area contributed by atoms with Gasteiger partial charge in [0.15, 0.2) is 11.6 Å². The fourth-order valence-corrected chi connectivity index (χ4v) is 1.48. The number of pyridine rings is 1. The summed E-state index contributed by atoms with van der Waals surface area (Å²) in [5.41, 5.74) is 6.85. The Morgan fingerprint density at radius 1 is 1.06 bits per heavy atom. The van der Waals surface area contributed by atoms with Gasteiger partial charge < -0.3 is 5.73 Å². The van der Waals surface area contributed by atoms with E-state index in [1.165, 1.54) is 31.5 Å². The molecular weight excluding hydrogens is 210 g/mol. The highest BCUT2D eigenvalue weighted by molar-refractivity contribution is 5.75. The van der Waals surface area contributed by atoms with E-state index in [1.54, 1.807) is 6.07 Å². The molecule has 4 heteroatoms. The van der Waals surface area contributed by atoms with Crippen molar-refractivity contribution < 1.29 is 8.78 Å². The Morgan fingerprint density at radius 2 is 1.81 bits per heavy atom. The molecule has 0 atom stereocenters. The van der Waals surface area contributed by atoms with Gasteiger partial charge in [-0.05, 0) is 18.6 Å². The monoisotopic (exact) mass is 220 g/mol. The van der Waals surface area contributed by atoms with Crippen LogP contribution in [0.25, 0.3) is 11.1 Å². The molecule has 0 radical (unpaired) electrons. The summed E-state index contributed by atoms with van der Waals surface area (Å²) in [4.78, 5) is 3.85. The summed E-state index contributed by atoms with van der Waals surface area (Å²) in [5, 5.41) is 0. The minimum atomic E-state index is -0.889. The van der Waals surface area contributed by atoms with Crippen LogP contribution in [0, 0.1) is 18.6 Å². The molecule has 2 N–H and O–H groups in total. The molecule has 0 unspecified atom stereocenters. The number of nitrogen functional groups attached to an aromatic ring is 1. The molecule has 0 aliphatic carbocycles. The number of anilines is 1. The molecular formula is C12H10F2N2. The van der Waals surface area contributed by atoms with E-state index in [0.717, 1.165) is 0 Å². The molecule has 2 aromatic rings. The maximum Gasteiger partial charge on any atom is 0.167 e. The van der Waals surface area contributed by atoms with Gasteiger partial charge >= 0.3 is 0 Å². The smallest absolute Gasteiger partial charge is 0.167 e. The summed E-state index contributed by atoms with van der Waals surface area (Å²) in [7, 11) is 0. The molecule has 2 rings (SSSR count). The Bertz CT molecular complexity index is 539. The number of halogens is 2. The van der Waals surface area contributed by atoms with Gasteiger partial charge in [0.2, 0.25) is 0 Å². The van der Waals surface area contributed by atoms with Gasteiger partial charge in [-0.25, -0.2) is 8.78 Å². The third kappa shape index (κ3) is 1.62. The van der Waals surface area contributed by atoms with Crippen molar-refractivity contribution in [1.29, 1.82) is 0 Å². The molecule has 16 heavy (non-hydrogen) atoms. The second kappa shape index (κ2) is 3.89. The van der Waals surface area contributed by atoms with Crippen molar-refractivity contribution >= 4 is 5.69 Å². The second-order valence-electron chi connectivity index (χ2n) is 3.52. The second-order valence-corrected chi connectivity index (χ2v) is 3.52. The van der Waals surface area contributed by atoms with E-state index in [-0.39, 0.29) is 11.1 Å². The molecule has 2 nitrogen and oxygen atoms in total. The molecule has 0 amide bonds. The van der Waals surface area contributed by atoms with E-state index >= 15 is 0 Å². The number of nitrogens with zero attached hydrogens (tertiary/aromatic N) is 1. The zero-order valence-corrected chi connectivity index (χ0v) is 8.67. The molecule has 0 fully saturated rings. The molecule has 0 bridgehead atoms. The van der Waals surface area contributed by atoms with E-state index in [0.29, 0.717) is 11.3 Å². The van der Waals surface area contributed by atoms with Gasteiger partial charge in [-0.1, -0.05) is 12.1 Å². The van der Waals surface area contributed by atoms with Crippen molar-refractivity contribution in [1.82, 2.24) is 4.98 Å².